The van der Waals surface area contributed by atoms with E-state index in [-0.39, 0.29) is 24.0 Å². The Hall–Kier alpha value is -3.18. The minimum atomic E-state index is -0.428. The van der Waals surface area contributed by atoms with Crippen molar-refractivity contribution >= 4 is 45.7 Å². The highest BCUT2D eigenvalue weighted by molar-refractivity contribution is 8.01. The van der Waals surface area contributed by atoms with Gasteiger partial charge in [0.2, 0.25) is 16.9 Å². The van der Waals surface area contributed by atoms with Crippen molar-refractivity contribution in [2.24, 2.45) is 0 Å². The molecule has 0 saturated carbocycles. The van der Waals surface area contributed by atoms with Crippen molar-refractivity contribution in [3.05, 3.63) is 53.8 Å². The second-order valence-electron chi connectivity index (χ2n) is 6.13. The first-order valence-electron chi connectivity index (χ1n) is 8.99. The first-order valence-corrected chi connectivity index (χ1v) is 10.8. The van der Waals surface area contributed by atoms with Gasteiger partial charge in [0, 0.05) is 5.69 Å². The molecule has 1 heterocycles. The Morgan fingerprint density at radius 1 is 1.03 bits per heavy atom. The van der Waals surface area contributed by atoms with E-state index in [1.165, 1.54) is 37.1 Å². The summed E-state index contributed by atoms with van der Waals surface area (Å²) in [5.41, 5.74) is 1.13. The fraction of sp³-hybridized carbons (Fsp3) is 0.200. The van der Waals surface area contributed by atoms with Crippen molar-refractivity contribution in [1.29, 1.82) is 0 Å². The largest absolute Gasteiger partial charge is 0.493 e. The third kappa shape index (κ3) is 6.66. The van der Waals surface area contributed by atoms with Crippen LogP contribution in [-0.4, -0.2) is 42.0 Å². The van der Waals surface area contributed by atoms with Crippen LogP contribution in [0.3, 0.4) is 0 Å². The molecule has 0 aliphatic carbocycles. The number of anilines is 2. The zero-order valence-electron chi connectivity index (χ0n) is 16.7. The summed E-state index contributed by atoms with van der Waals surface area (Å²) in [4.78, 5) is 24.3. The number of ether oxygens (including phenoxy) is 2. The highest BCUT2D eigenvalue weighted by Gasteiger charge is 2.13. The summed E-state index contributed by atoms with van der Waals surface area (Å²) < 4.78 is 24.1. The van der Waals surface area contributed by atoms with Crippen LogP contribution in [-0.2, 0) is 16.0 Å². The first-order chi connectivity index (χ1) is 15.0. The van der Waals surface area contributed by atoms with Crippen LogP contribution in [0.2, 0.25) is 0 Å². The SMILES string of the molecule is COc1ccc(CC(=O)Nc2nnc(SCC(=O)Nc3cccc(F)c3)s2)cc1OC. The van der Waals surface area contributed by atoms with E-state index in [4.69, 9.17) is 9.47 Å². The van der Waals surface area contributed by atoms with Crippen LogP contribution < -0.4 is 20.1 Å². The van der Waals surface area contributed by atoms with Gasteiger partial charge < -0.3 is 20.1 Å². The number of halogens is 1. The van der Waals surface area contributed by atoms with E-state index in [2.05, 4.69) is 20.8 Å². The van der Waals surface area contributed by atoms with Gasteiger partial charge in [0.05, 0.1) is 26.4 Å². The van der Waals surface area contributed by atoms with Crippen molar-refractivity contribution in [2.45, 2.75) is 10.8 Å². The molecule has 0 radical (unpaired) electrons. The van der Waals surface area contributed by atoms with E-state index in [9.17, 15) is 14.0 Å². The molecule has 1 aromatic heterocycles. The van der Waals surface area contributed by atoms with E-state index >= 15 is 0 Å². The zero-order valence-corrected chi connectivity index (χ0v) is 18.3. The number of hydrogen-bond acceptors (Lipinski definition) is 8. The Morgan fingerprint density at radius 2 is 1.84 bits per heavy atom. The van der Waals surface area contributed by atoms with E-state index in [1.807, 2.05) is 0 Å². The van der Waals surface area contributed by atoms with Crippen LogP contribution in [0.4, 0.5) is 15.2 Å². The number of methoxy groups -OCH3 is 2. The fourth-order valence-electron chi connectivity index (χ4n) is 2.55. The average Bonchev–Trinajstić information content (AvgIpc) is 3.19. The topological polar surface area (TPSA) is 102 Å². The zero-order chi connectivity index (χ0) is 22.2. The molecule has 0 aliphatic rings. The summed E-state index contributed by atoms with van der Waals surface area (Å²) in [7, 11) is 3.07. The Bertz CT molecular complexity index is 1080. The van der Waals surface area contributed by atoms with Crippen molar-refractivity contribution in [2.75, 3.05) is 30.6 Å². The molecule has 11 heteroatoms. The Labute approximate surface area is 186 Å². The molecule has 8 nitrogen and oxygen atoms in total. The molecule has 0 bridgehead atoms. The maximum absolute atomic E-state index is 13.2. The number of benzene rings is 2. The molecule has 0 fully saturated rings. The van der Waals surface area contributed by atoms with Gasteiger partial charge in [-0.15, -0.1) is 10.2 Å². The van der Waals surface area contributed by atoms with Gasteiger partial charge in [-0.1, -0.05) is 35.2 Å². The number of amides is 2. The van der Waals surface area contributed by atoms with Gasteiger partial charge in [-0.2, -0.15) is 0 Å². The molecule has 0 spiro atoms. The molecule has 0 unspecified atom stereocenters. The van der Waals surface area contributed by atoms with Gasteiger partial charge in [0.25, 0.3) is 0 Å². The maximum Gasteiger partial charge on any atom is 0.234 e. The minimum Gasteiger partial charge on any atom is -0.493 e. The summed E-state index contributed by atoms with van der Waals surface area (Å²) in [6.45, 7) is 0. The number of carbonyl (C=O) groups excluding carboxylic acids is 2. The lowest BCUT2D eigenvalue weighted by atomic mass is 10.1. The van der Waals surface area contributed by atoms with E-state index in [0.717, 1.165) is 16.9 Å². The Kier molecular flexibility index (Phi) is 7.79. The fourth-order valence-corrected chi connectivity index (χ4v) is 4.12. The summed E-state index contributed by atoms with van der Waals surface area (Å²) in [5.74, 6) is 0.208. The molecule has 2 aromatic carbocycles. The van der Waals surface area contributed by atoms with Gasteiger partial charge in [-0.25, -0.2) is 4.39 Å². The van der Waals surface area contributed by atoms with Crippen LogP contribution in [0.5, 0.6) is 11.5 Å². The van der Waals surface area contributed by atoms with Gasteiger partial charge in [-0.05, 0) is 35.9 Å². The highest BCUT2D eigenvalue weighted by atomic mass is 32.2. The predicted molar refractivity (Wildman–Crippen MR) is 118 cm³/mol. The number of nitrogens with one attached hydrogen (secondary N) is 2. The smallest absolute Gasteiger partial charge is 0.234 e. The second kappa shape index (κ2) is 10.7. The second-order valence-corrected chi connectivity index (χ2v) is 8.33. The lowest BCUT2D eigenvalue weighted by molar-refractivity contribution is -0.115. The third-order valence-corrected chi connectivity index (χ3v) is 5.87. The Morgan fingerprint density at radius 3 is 2.58 bits per heavy atom. The molecular formula is C20H19FN4O4S2. The van der Waals surface area contributed by atoms with Crippen molar-refractivity contribution in [3.63, 3.8) is 0 Å². The van der Waals surface area contributed by atoms with Crippen LogP contribution in [0.25, 0.3) is 0 Å². The number of hydrogen-bond donors (Lipinski definition) is 2. The standard InChI is InChI=1S/C20H19FN4O4S2/c1-28-15-7-6-12(8-16(15)29-2)9-17(26)23-19-24-25-20(31-19)30-11-18(27)22-14-5-3-4-13(21)10-14/h3-8,10H,9,11H2,1-2H3,(H,22,27)(H,23,24,26). The van der Waals surface area contributed by atoms with Crippen molar-refractivity contribution in [3.8, 4) is 11.5 Å². The lowest BCUT2D eigenvalue weighted by Crippen LogP contribution is -2.14. The molecule has 31 heavy (non-hydrogen) atoms. The number of aromatic nitrogens is 2. The monoisotopic (exact) mass is 462 g/mol. The molecule has 2 N–H and O–H groups in total. The normalized spacial score (nSPS) is 10.4. The number of rotatable bonds is 9. The molecule has 162 valence electrons. The van der Waals surface area contributed by atoms with Crippen LogP contribution in [0, 0.1) is 5.82 Å². The van der Waals surface area contributed by atoms with Crippen LogP contribution >= 0.6 is 23.1 Å². The Balaban J connectivity index is 1.49. The van der Waals surface area contributed by atoms with E-state index in [1.54, 1.807) is 31.4 Å². The van der Waals surface area contributed by atoms with Crippen LogP contribution in [0.1, 0.15) is 5.56 Å². The third-order valence-electron chi connectivity index (χ3n) is 3.90. The maximum atomic E-state index is 13.2. The predicted octanol–water partition coefficient (Wildman–Crippen LogP) is 3.61. The van der Waals surface area contributed by atoms with Gasteiger partial charge in [-0.3, -0.25) is 9.59 Å². The summed E-state index contributed by atoms with van der Waals surface area (Å²) in [6.07, 6.45) is 0.123. The summed E-state index contributed by atoms with van der Waals surface area (Å²) >= 11 is 2.33. The quantitative estimate of drug-likeness (QED) is 0.370. The van der Waals surface area contributed by atoms with Gasteiger partial charge in [0.15, 0.2) is 15.8 Å². The number of carbonyl (C=O) groups is 2. The molecule has 0 aliphatic heterocycles. The molecule has 0 saturated heterocycles. The van der Waals surface area contributed by atoms with E-state index in [0.29, 0.717) is 26.7 Å². The van der Waals surface area contributed by atoms with Gasteiger partial charge >= 0.3 is 0 Å². The van der Waals surface area contributed by atoms with Crippen molar-refractivity contribution < 1.29 is 23.5 Å². The number of nitrogens with zero attached hydrogens (tertiary/aromatic N) is 2. The molecule has 0 atom stereocenters. The summed E-state index contributed by atoms with van der Waals surface area (Å²) in [6, 6.07) is 10.9. The minimum absolute atomic E-state index is 0.0741. The van der Waals surface area contributed by atoms with Crippen molar-refractivity contribution in [1.82, 2.24) is 10.2 Å². The van der Waals surface area contributed by atoms with E-state index < -0.39 is 5.82 Å². The van der Waals surface area contributed by atoms with Gasteiger partial charge in [0.1, 0.15) is 5.82 Å². The van der Waals surface area contributed by atoms with Crippen LogP contribution in [0.15, 0.2) is 46.8 Å². The molecule has 2 amide bonds. The molecule has 3 rings (SSSR count). The molecule has 3 aromatic rings. The number of thioether (sulfide) groups is 1. The molecular weight excluding hydrogens is 443 g/mol. The lowest BCUT2D eigenvalue weighted by Gasteiger charge is -2.09. The average molecular weight is 463 g/mol. The highest BCUT2D eigenvalue weighted by Crippen LogP contribution is 2.28. The summed E-state index contributed by atoms with van der Waals surface area (Å²) in [5, 5.41) is 13.5. The first kappa shape index (κ1) is 22.5.